The first-order valence-corrected chi connectivity index (χ1v) is 11.6. The number of aryl methyl sites for hydroxylation is 1. The van der Waals surface area contributed by atoms with Gasteiger partial charge in [0.15, 0.2) is 11.9 Å². The number of hydrogen-bond acceptors (Lipinski definition) is 7. The van der Waals surface area contributed by atoms with Crippen molar-refractivity contribution in [3.05, 3.63) is 67.4 Å². The Morgan fingerprint density at radius 3 is 2.62 bits per heavy atom. The van der Waals surface area contributed by atoms with E-state index in [1.54, 1.807) is 25.1 Å². The van der Waals surface area contributed by atoms with E-state index in [1.807, 2.05) is 0 Å². The largest absolute Gasteiger partial charge is 0.467 e. The first-order chi connectivity index (χ1) is 16.2. The molecule has 0 aliphatic heterocycles. The molecule has 0 saturated heterocycles. The molecule has 1 atom stereocenters. The predicted molar refractivity (Wildman–Crippen MR) is 131 cm³/mol. The number of halogens is 3. The number of hydrogen-bond donors (Lipinski definition) is 3. The molecule has 178 valence electrons. The number of benzene rings is 1. The van der Waals surface area contributed by atoms with Gasteiger partial charge in [-0.2, -0.15) is 5.10 Å². The fourth-order valence-corrected chi connectivity index (χ4v) is 4.18. The van der Waals surface area contributed by atoms with Crippen LogP contribution in [0.4, 0.5) is 5.69 Å². The molecule has 3 N–H and O–H groups in total. The van der Waals surface area contributed by atoms with E-state index in [2.05, 4.69) is 57.3 Å². The lowest BCUT2D eigenvalue weighted by molar-refractivity contribution is -0.143. The van der Waals surface area contributed by atoms with Gasteiger partial charge in [0.2, 0.25) is 0 Å². The Kier molecular flexibility index (Phi) is 8.42. The van der Waals surface area contributed by atoms with Gasteiger partial charge >= 0.3 is 5.97 Å². The first kappa shape index (κ1) is 25.8. The summed E-state index contributed by atoms with van der Waals surface area (Å²) in [5, 5.41) is 19.1. The van der Waals surface area contributed by atoms with Crippen molar-refractivity contribution in [2.24, 2.45) is 0 Å². The maximum absolute atomic E-state index is 13.3. The number of nitrogens with one attached hydrogen (secondary N) is 2. The Balaban J connectivity index is 1.98. The number of methoxy groups -OCH3 is 1. The highest BCUT2D eigenvalue weighted by atomic mass is 79.9. The molecule has 10 nitrogen and oxygen atoms in total. The first-order valence-electron chi connectivity index (χ1n) is 9.63. The van der Waals surface area contributed by atoms with Crippen molar-refractivity contribution in [2.45, 2.75) is 13.0 Å². The number of aliphatic hydroxyl groups is 1. The molecule has 0 spiro atoms. The average molecular weight is 616 g/mol. The number of rotatable bonds is 7. The number of carbonyl (C=O) groups is 3. The minimum atomic E-state index is -1.27. The normalized spacial score (nSPS) is 11.6. The second-order valence-electron chi connectivity index (χ2n) is 6.90. The van der Waals surface area contributed by atoms with E-state index in [-0.39, 0.29) is 27.8 Å². The fourth-order valence-electron chi connectivity index (χ4n) is 3.03. The van der Waals surface area contributed by atoms with Gasteiger partial charge in [0.25, 0.3) is 11.8 Å². The number of aromatic nitrogens is 3. The van der Waals surface area contributed by atoms with Crippen molar-refractivity contribution in [3.8, 4) is 5.82 Å². The molecule has 0 bridgehead atoms. The van der Waals surface area contributed by atoms with Crippen LogP contribution in [0, 0.1) is 6.92 Å². The summed E-state index contributed by atoms with van der Waals surface area (Å²) in [7, 11) is 1.14. The zero-order valence-electron chi connectivity index (χ0n) is 17.8. The fraction of sp³-hybridized carbons (Fsp3) is 0.190. The molecule has 3 aromatic rings. The monoisotopic (exact) mass is 613 g/mol. The summed E-state index contributed by atoms with van der Waals surface area (Å²) in [4.78, 5) is 42.2. The molecule has 0 fully saturated rings. The highest BCUT2D eigenvalue weighted by molar-refractivity contribution is 9.10. The maximum atomic E-state index is 13.3. The number of nitrogens with zero attached hydrogens (tertiary/aromatic N) is 3. The van der Waals surface area contributed by atoms with E-state index in [9.17, 15) is 19.5 Å². The number of ether oxygens (including phenoxy) is 1. The van der Waals surface area contributed by atoms with Gasteiger partial charge < -0.3 is 20.5 Å². The zero-order valence-corrected chi connectivity index (χ0v) is 21.7. The van der Waals surface area contributed by atoms with Crippen LogP contribution in [0.25, 0.3) is 5.82 Å². The average Bonchev–Trinajstić information content (AvgIpc) is 3.20. The van der Waals surface area contributed by atoms with Gasteiger partial charge in [-0.1, -0.05) is 27.5 Å². The zero-order chi connectivity index (χ0) is 25.0. The molecule has 1 aromatic carbocycles. The summed E-state index contributed by atoms with van der Waals surface area (Å²) in [6.07, 6.45) is 1.51. The van der Waals surface area contributed by atoms with Gasteiger partial charge in [-0.25, -0.2) is 14.5 Å². The van der Waals surface area contributed by atoms with Crippen LogP contribution in [-0.2, 0) is 9.53 Å². The summed E-state index contributed by atoms with van der Waals surface area (Å²) in [6.45, 7) is 1.04. The third-order valence-electron chi connectivity index (χ3n) is 4.61. The minimum absolute atomic E-state index is 0.0589. The highest BCUT2D eigenvalue weighted by Gasteiger charge is 2.25. The van der Waals surface area contributed by atoms with Gasteiger partial charge in [-0.05, 0) is 52.7 Å². The molecule has 2 heterocycles. The molecule has 0 saturated carbocycles. The molecular formula is C21H18Br2ClN5O5. The van der Waals surface area contributed by atoms with E-state index >= 15 is 0 Å². The number of pyridine rings is 1. The lowest BCUT2D eigenvalue weighted by atomic mass is 10.1. The molecule has 2 aromatic heterocycles. The lowest BCUT2D eigenvalue weighted by Crippen LogP contribution is -2.44. The molecule has 3 rings (SSSR count). The molecule has 1 unspecified atom stereocenters. The van der Waals surface area contributed by atoms with Crippen molar-refractivity contribution in [1.29, 1.82) is 0 Å². The Morgan fingerprint density at radius 1 is 1.24 bits per heavy atom. The number of aliphatic hydroxyl groups excluding tert-OH is 1. The van der Waals surface area contributed by atoms with E-state index in [1.165, 1.54) is 23.0 Å². The topological polar surface area (TPSA) is 135 Å². The third-order valence-corrected chi connectivity index (χ3v) is 5.75. The van der Waals surface area contributed by atoms with Crippen molar-refractivity contribution in [3.63, 3.8) is 0 Å². The van der Waals surface area contributed by atoms with Gasteiger partial charge in [0.05, 0.1) is 30.0 Å². The van der Waals surface area contributed by atoms with Crippen LogP contribution < -0.4 is 10.6 Å². The summed E-state index contributed by atoms with van der Waals surface area (Å²) in [6, 6.07) is 6.65. The standard InChI is InChI=1S/C21H18Br2ClN5O5/c1-10-6-11(22)7-12(19(31)26-14(9-30)21(33)34-2)17(10)27-20(32)15-8-16(23)28-29(15)18-13(24)4-3-5-25-18/h3-8,14,30H,9H2,1-2H3,(H,26,31)(H,27,32). The van der Waals surface area contributed by atoms with Crippen molar-refractivity contribution >= 4 is 66.9 Å². The molecule has 0 aliphatic rings. The Bertz CT molecular complexity index is 1270. The molecule has 0 aliphatic carbocycles. The summed E-state index contributed by atoms with van der Waals surface area (Å²) in [5.41, 5.74) is 0.920. The maximum Gasteiger partial charge on any atom is 0.330 e. The molecule has 0 radical (unpaired) electrons. The van der Waals surface area contributed by atoms with Crippen LogP contribution in [0.2, 0.25) is 5.02 Å². The Labute approximate surface area is 215 Å². The molecule has 2 amide bonds. The summed E-state index contributed by atoms with van der Waals surface area (Å²) >= 11 is 12.8. The second kappa shape index (κ2) is 11.1. The number of anilines is 1. The van der Waals surface area contributed by atoms with Crippen LogP contribution in [0.15, 0.2) is 45.6 Å². The van der Waals surface area contributed by atoms with Crippen molar-refractivity contribution in [2.75, 3.05) is 19.0 Å². The van der Waals surface area contributed by atoms with Gasteiger partial charge in [0, 0.05) is 16.7 Å². The lowest BCUT2D eigenvalue weighted by Gasteiger charge is -2.18. The van der Waals surface area contributed by atoms with E-state index < -0.39 is 30.4 Å². The van der Waals surface area contributed by atoms with Gasteiger partial charge in [-0.3, -0.25) is 9.59 Å². The smallest absolute Gasteiger partial charge is 0.330 e. The number of amides is 2. The summed E-state index contributed by atoms with van der Waals surface area (Å²) < 4.78 is 6.79. The van der Waals surface area contributed by atoms with Gasteiger partial charge in [-0.15, -0.1) is 0 Å². The van der Waals surface area contributed by atoms with Crippen LogP contribution in [0.1, 0.15) is 26.4 Å². The van der Waals surface area contributed by atoms with Crippen molar-refractivity contribution in [1.82, 2.24) is 20.1 Å². The summed E-state index contributed by atoms with van der Waals surface area (Å²) in [5.74, 6) is -1.86. The van der Waals surface area contributed by atoms with Crippen LogP contribution in [-0.4, -0.2) is 57.4 Å². The Morgan fingerprint density at radius 2 is 1.97 bits per heavy atom. The number of esters is 1. The number of carbonyl (C=O) groups excluding carboxylic acids is 3. The molecule has 34 heavy (non-hydrogen) atoms. The van der Waals surface area contributed by atoms with Crippen LogP contribution in [0.5, 0.6) is 0 Å². The van der Waals surface area contributed by atoms with Crippen LogP contribution in [0.3, 0.4) is 0 Å². The van der Waals surface area contributed by atoms with E-state index in [0.717, 1.165) is 7.11 Å². The highest BCUT2D eigenvalue weighted by Crippen LogP contribution is 2.28. The second-order valence-corrected chi connectivity index (χ2v) is 9.04. The Hall–Kier alpha value is -2.80. The van der Waals surface area contributed by atoms with E-state index in [4.69, 9.17) is 11.6 Å². The van der Waals surface area contributed by atoms with Gasteiger partial charge in [0.1, 0.15) is 10.3 Å². The quantitative estimate of drug-likeness (QED) is 0.347. The van der Waals surface area contributed by atoms with Crippen molar-refractivity contribution < 1.29 is 24.2 Å². The molecular weight excluding hydrogens is 598 g/mol. The van der Waals surface area contributed by atoms with E-state index in [0.29, 0.717) is 14.6 Å². The molecule has 13 heteroatoms. The minimum Gasteiger partial charge on any atom is -0.467 e. The predicted octanol–water partition coefficient (Wildman–Crippen LogP) is 3.27. The van der Waals surface area contributed by atoms with Crippen LogP contribution >= 0.6 is 43.5 Å². The SMILES string of the molecule is COC(=O)C(CO)NC(=O)c1cc(Br)cc(C)c1NC(=O)c1cc(Br)nn1-c1ncccc1Cl. The third kappa shape index (κ3) is 5.63.